The van der Waals surface area contributed by atoms with Gasteiger partial charge in [-0.15, -0.1) is 4.91 Å². The van der Waals surface area contributed by atoms with Crippen molar-refractivity contribution in [2.75, 3.05) is 12.1 Å². The maximum absolute atomic E-state index is 10.6. The smallest absolute Gasteiger partial charge is 0.258 e. The Kier molecular flexibility index (Phi) is 3.13. The number of nitroso groups, excluding NO2 is 1. The Morgan fingerprint density at radius 3 is 2.71 bits per heavy atom. The highest BCUT2D eigenvalue weighted by Crippen LogP contribution is 2.30. The van der Waals surface area contributed by atoms with Crippen molar-refractivity contribution >= 4 is 27.3 Å². The van der Waals surface area contributed by atoms with E-state index in [0.717, 1.165) is 5.01 Å². The van der Waals surface area contributed by atoms with E-state index in [4.69, 9.17) is 0 Å². The van der Waals surface area contributed by atoms with Gasteiger partial charge >= 0.3 is 0 Å². The zero-order chi connectivity index (χ0) is 10.7. The predicted molar refractivity (Wildman–Crippen MR) is 55.0 cm³/mol. The first-order chi connectivity index (χ1) is 6.56. The van der Waals surface area contributed by atoms with Gasteiger partial charge in [0.1, 0.15) is 5.69 Å². The number of benzene rings is 1. The Morgan fingerprint density at radius 1 is 1.57 bits per heavy atom. The molecule has 0 bridgehead atoms. The Hall–Kier alpha value is -1.50. The quantitative estimate of drug-likeness (QED) is 0.475. The van der Waals surface area contributed by atoms with Crippen molar-refractivity contribution < 1.29 is 4.92 Å². The van der Waals surface area contributed by atoms with Crippen molar-refractivity contribution in [3.8, 4) is 0 Å². The lowest BCUT2D eigenvalue weighted by molar-refractivity contribution is -0.384. The third kappa shape index (κ3) is 2.05. The molecular formula is C7H6BrN3O3. The molecule has 0 aromatic heterocycles. The summed E-state index contributed by atoms with van der Waals surface area (Å²) in [5.41, 5.74) is -0.00493. The van der Waals surface area contributed by atoms with Crippen LogP contribution in [0.4, 0.5) is 11.4 Å². The van der Waals surface area contributed by atoms with E-state index in [1.165, 1.54) is 19.2 Å². The summed E-state index contributed by atoms with van der Waals surface area (Å²) < 4.78 is 0.576. The number of nitro benzene ring substituents is 1. The lowest BCUT2D eigenvalue weighted by atomic mass is 10.2. The van der Waals surface area contributed by atoms with Gasteiger partial charge in [0.25, 0.3) is 5.69 Å². The average Bonchev–Trinajstić information content (AvgIpc) is 2.16. The monoisotopic (exact) mass is 259 g/mol. The highest BCUT2D eigenvalue weighted by Gasteiger charge is 2.17. The van der Waals surface area contributed by atoms with Gasteiger partial charge in [-0.25, -0.2) is 5.01 Å². The minimum atomic E-state index is -0.568. The molecule has 0 saturated heterocycles. The van der Waals surface area contributed by atoms with Crippen LogP contribution in [0.2, 0.25) is 0 Å². The van der Waals surface area contributed by atoms with Gasteiger partial charge in [0, 0.05) is 17.6 Å². The van der Waals surface area contributed by atoms with E-state index in [1.54, 1.807) is 6.07 Å². The van der Waals surface area contributed by atoms with E-state index in [9.17, 15) is 15.0 Å². The van der Waals surface area contributed by atoms with Crippen LogP contribution in [0.5, 0.6) is 0 Å². The lowest BCUT2D eigenvalue weighted by Crippen LogP contribution is -2.09. The molecule has 0 amide bonds. The Balaban J connectivity index is 3.28. The van der Waals surface area contributed by atoms with Gasteiger partial charge in [-0.05, 0) is 12.1 Å². The highest BCUT2D eigenvalue weighted by atomic mass is 79.9. The summed E-state index contributed by atoms with van der Waals surface area (Å²) in [6.45, 7) is 0. The van der Waals surface area contributed by atoms with Crippen LogP contribution in [-0.2, 0) is 0 Å². The molecule has 74 valence electrons. The van der Waals surface area contributed by atoms with Crippen LogP contribution in [0, 0.1) is 15.0 Å². The van der Waals surface area contributed by atoms with E-state index in [0.29, 0.717) is 4.47 Å². The van der Waals surface area contributed by atoms with Crippen LogP contribution < -0.4 is 5.01 Å². The number of hydrogen-bond acceptors (Lipinski definition) is 4. The fraction of sp³-hybridized carbons (Fsp3) is 0.143. The number of anilines is 1. The highest BCUT2D eigenvalue weighted by molar-refractivity contribution is 9.10. The summed E-state index contributed by atoms with van der Waals surface area (Å²) in [6.07, 6.45) is 0. The third-order valence-electron chi connectivity index (χ3n) is 1.61. The first-order valence-electron chi connectivity index (χ1n) is 3.57. The van der Waals surface area contributed by atoms with E-state index >= 15 is 0 Å². The van der Waals surface area contributed by atoms with Crippen LogP contribution in [0.25, 0.3) is 0 Å². The summed E-state index contributed by atoms with van der Waals surface area (Å²) in [5.74, 6) is 0. The van der Waals surface area contributed by atoms with Gasteiger partial charge in [-0.3, -0.25) is 10.1 Å². The fourth-order valence-electron chi connectivity index (χ4n) is 0.960. The third-order valence-corrected chi connectivity index (χ3v) is 2.10. The normalized spacial score (nSPS) is 9.57. The van der Waals surface area contributed by atoms with Crippen molar-refractivity contribution in [1.29, 1.82) is 0 Å². The molecule has 14 heavy (non-hydrogen) atoms. The predicted octanol–water partition coefficient (Wildman–Crippen LogP) is 2.47. The maximum Gasteiger partial charge on any atom is 0.295 e. The van der Waals surface area contributed by atoms with Crippen molar-refractivity contribution in [1.82, 2.24) is 0 Å². The first-order valence-corrected chi connectivity index (χ1v) is 4.36. The van der Waals surface area contributed by atoms with E-state index in [-0.39, 0.29) is 11.4 Å². The molecule has 0 aliphatic heterocycles. The van der Waals surface area contributed by atoms with Gasteiger partial charge in [-0.2, -0.15) is 0 Å². The first kappa shape index (κ1) is 10.6. The molecule has 0 atom stereocenters. The van der Waals surface area contributed by atoms with E-state index in [1.807, 2.05) is 0 Å². The average molecular weight is 260 g/mol. The molecule has 0 spiro atoms. The molecule has 0 radical (unpaired) electrons. The second-order valence-electron chi connectivity index (χ2n) is 2.50. The molecule has 0 fully saturated rings. The van der Waals surface area contributed by atoms with Crippen LogP contribution in [-0.4, -0.2) is 12.0 Å². The van der Waals surface area contributed by atoms with Crippen molar-refractivity contribution in [2.24, 2.45) is 5.29 Å². The van der Waals surface area contributed by atoms with Gasteiger partial charge in [0.05, 0.1) is 10.2 Å². The van der Waals surface area contributed by atoms with E-state index in [2.05, 4.69) is 21.2 Å². The molecule has 1 aromatic carbocycles. The molecular weight excluding hydrogens is 254 g/mol. The number of halogens is 1. The van der Waals surface area contributed by atoms with Gasteiger partial charge in [0.15, 0.2) is 0 Å². The molecule has 0 heterocycles. The number of nitro groups is 1. The second-order valence-corrected chi connectivity index (χ2v) is 3.41. The Bertz CT molecular complexity index is 382. The largest absolute Gasteiger partial charge is 0.295 e. The molecule has 6 nitrogen and oxygen atoms in total. The van der Waals surface area contributed by atoms with Gasteiger partial charge in [0.2, 0.25) is 0 Å². The number of nitrogens with zero attached hydrogens (tertiary/aromatic N) is 3. The molecule has 0 unspecified atom stereocenters. The summed E-state index contributed by atoms with van der Waals surface area (Å²) in [6, 6.07) is 4.37. The topological polar surface area (TPSA) is 75.8 Å². The molecule has 0 aliphatic carbocycles. The summed E-state index contributed by atoms with van der Waals surface area (Å²) >= 11 is 3.10. The van der Waals surface area contributed by atoms with Crippen LogP contribution in [0.3, 0.4) is 0 Å². The zero-order valence-electron chi connectivity index (χ0n) is 7.18. The van der Waals surface area contributed by atoms with Crippen molar-refractivity contribution in [3.63, 3.8) is 0 Å². The minimum absolute atomic E-state index is 0.160. The zero-order valence-corrected chi connectivity index (χ0v) is 8.76. The minimum Gasteiger partial charge on any atom is -0.258 e. The Morgan fingerprint density at radius 2 is 2.21 bits per heavy atom. The fourth-order valence-corrected chi connectivity index (χ4v) is 1.31. The van der Waals surface area contributed by atoms with Crippen LogP contribution in [0.1, 0.15) is 0 Å². The van der Waals surface area contributed by atoms with E-state index < -0.39 is 4.92 Å². The maximum atomic E-state index is 10.6. The van der Waals surface area contributed by atoms with Crippen LogP contribution in [0.15, 0.2) is 28.0 Å². The molecule has 0 saturated carbocycles. The van der Waals surface area contributed by atoms with Crippen molar-refractivity contribution in [3.05, 3.63) is 37.7 Å². The summed E-state index contributed by atoms with van der Waals surface area (Å²) in [7, 11) is 1.35. The molecule has 1 aromatic rings. The lowest BCUT2D eigenvalue weighted by Gasteiger charge is -2.08. The molecule has 0 N–H and O–H groups in total. The van der Waals surface area contributed by atoms with Crippen LogP contribution >= 0.6 is 15.9 Å². The summed E-state index contributed by atoms with van der Waals surface area (Å²) in [5, 5.41) is 14.1. The summed E-state index contributed by atoms with van der Waals surface area (Å²) in [4.78, 5) is 20.2. The van der Waals surface area contributed by atoms with Gasteiger partial charge < -0.3 is 0 Å². The standard InChI is InChI=1S/C7H6BrN3O3/c1-10(9-12)6-3-2-5(8)4-7(6)11(13)14/h2-4H,1H3. The van der Waals surface area contributed by atoms with Gasteiger partial charge in [-0.1, -0.05) is 15.9 Å². The number of rotatable bonds is 3. The van der Waals surface area contributed by atoms with Crippen molar-refractivity contribution in [2.45, 2.75) is 0 Å². The second kappa shape index (κ2) is 4.14. The Labute approximate surface area is 87.7 Å². The molecule has 0 aliphatic rings. The molecule has 7 heteroatoms. The SMILES string of the molecule is CN(N=O)c1ccc(Br)cc1[N+](=O)[O-]. The molecule has 1 rings (SSSR count). The number of hydrogen-bond donors (Lipinski definition) is 0.